The van der Waals surface area contributed by atoms with Crippen molar-refractivity contribution in [3.63, 3.8) is 0 Å². The Hall–Kier alpha value is -0.770. The van der Waals surface area contributed by atoms with E-state index in [1.54, 1.807) is 6.20 Å². The lowest BCUT2D eigenvalue weighted by Gasteiger charge is -2.27. The third-order valence-electron chi connectivity index (χ3n) is 3.25. The van der Waals surface area contributed by atoms with Gasteiger partial charge in [0.2, 0.25) is 0 Å². The molecule has 0 saturated heterocycles. The molecule has 4 heteroatoms. The van der Waals surface area contributed by atoms with Gasteiger partial charge in [0.1, 0.15) is 5.69 Å². The predicted molar refractivity (Wildman–Crippen MR) is 67.5 cm³/mol. The maximum Gasteiger partial charge on any atom is 0.270 e. The molecule has 1 N–H and O–H groups in total. The van der Waals surface area contributed by atoms with Crippen molar-refractivity contribution in [1.82, 2.24) is 9.88 Å². The number of H-pyrrole nitrogens is 1. The monoisotopic (exact) mass is 284 g/mol. The molecule has 1 aliphatic carbocycles. The van der Waals surface area contributed by atoms with Crippen molar-refractivity contribution in [2.75, 3.05) is 6.54 Å². The molecular weight excluding hydrogens is 268 g/mol. The zero-order valence-corrected chi connectivity index (χ0v) is 11.1. The summed E-state index contributed by atoms with van der Waals surface area (Å²) in [6, 6.07) is 2.29. The van der Waals surface area contributed by atoms with Crippen molar-refractivity contribution in [3.05, 3.63) is 22.4 Å². The van der Waals surface area contributed by atoms with Crippen molar-refractivity contribution in [1.29, 1.82) is 0 Å². The second-order valence-electron chi connectivity index (χ2n) is 4.26. The molecule has 1 amide bonds. The Morgan fingerprint density at radius 2 is 2.25 bits per heavy atom. The highest BCUT2D eigenvalue weighted by Gasteiger charge is 2.26. The number of hydrogen-bond acceptors (Lipinski definition) is 1. The standard InChI is InChI=1S/C12H17BrN2O/c1-2-15(10-5-3-4-6-10)12(16)11-7-9(13)8-14-11/h7-8,10,14H,2-6H2,1H3. The van der Waals surface area contributed by atoms with Crippen molar-refractivity contribution >= 4 is 21.8 Å². The average Bonchev–Trinajstić information content (AvgIpc) is 2.90. The fourth-order valence-corrected chi connectivity index (χ4v) is 2.77. The molecule has 0 spiro atoms. The maximum absolute atomic E-state index is 12.3. The molecule has 0 bridgehead atoms. The van der Waals surface area contributed by atoms with Crippen LogP contribution >= 0.6 is 15.9 Å². The van der Waals surface area contributed by atoms with E-state index in [0.717, 1.165) is 23.9 Å². The number of nitrogens with zero attached hydrogens (tertiary/aromatic N) is 1. The molecule has 0 radical (unpaired) electrons. The van der Waals surface area contributed by atoms with Crippen molar-refractivity contribution in [3.8, 4) is 0 Å². The first-order valence-electron chi connectivity index (χ1n) is 5.87. The summed E-state index contributed by atoms with van der Waals surface area (Å²) in [7, 11) is 0. The lowest BCUT2D eigenvalue weighted by Crippen LogP contribution is -2.38. The number of aromatic amines is 1. The molecule has 1 saturated carbocycles. The van der Waals surface area contributed by atoms with Crippen LogP contribution in [0.1, 0.15) is 43.1 Å². The molecule has 0 unspecified atom stereocenters. The van der Waals surface area contributed by atoms with E-state index in [1.807, 2.05) is 17.9 Å². The van der Waals surface area contributed by atoms with Crippen LogP contribution in [0.15, 0.2) is 16.7 Å². The van der Waals surface area contributed by atoms with Crippen LogP contribution in [0.25, 0.3) is 0 Å². The lowest BCUT2D eigenvalue weighted by molar-refractivity contribution is 0.0688. The van der Waals surface area contributed by atoms with Crippen molar-refractivity contribution in [2.45, 2.75) is 38.6 Å². The second-order valence-corrected chi connectivity index (χ2v) is 5.18. The first kappa shape index (κ1) is 11.7. The summed E-state index contributed by atoms with van der Waals surface area (Å²) in [6.07, 6.45) is 6.62. The molecule has 3 nitrogen and oxygen atoms in total. The molecule has 1 aromatic rings. The Bertz CT molecular complexity index is 369. The summed E-state index contributed by atoms with van der Waals surface area (Å²) in [5.74, 6) is 0.125. The molecule has 0 atom stereocenters. The van der Waals surface area contributed by atoms with Gasteiger partial charge in [-0.05, 0) is 41.8 Å². The highest BCUT2D eigenvalue weighted by atomic mass is 79.9. The zero-order chi connectivity index (χ0) is 11.5. The largest absolute Gasteiger partial charge is 0.356 e. The average molecular weight is 285 g/mol. The third kappa shape index (κ3) is 2.32. The van der Waals surface area contributed by atoms with Gasteiger partial charge in [-0.15, -0.1) is 0 Å². The minimum atomic E-state index is 0.125. The summed E-state index contributed by atoms with van der Waals surface area (Å²) >= 11 is 3.35. The van der Waals surface area contributed by atoms with Gasteiger partial charge in [0, 0.05) is 23.3 Å². The van der Waals surface area contributed by atoms with Gasteiger partial charge in [-0.2, -0.15) is 0 Å². The first-order chi connectivity index (χ1) is 7.72. The Kier molecular flexibility index (Phi) is 3.69. The van der Waals surface area contributed by atoms with E-state index >= 15 is 0 Å². The summed E-state index contributed by atoms with van der Waals surface area (Å²) in [4.78, 5) is 17.2. The number of carbonyl (C=O) groups is 1. The minimum Gasteiger partial charge on any atom is -0.356 e. The van der Waals surface area contributed by atoms with E-state index in [1.165, 1.54) is 12.8 Å². The van der Waals surface area contributed by atoms with Gasteiger partial charge in [0.15, 0.2) is 0 Å². The topological polar surface area (TPSA) is 36.1 Å². The third-order valence-corrected chi connectivity index (χ3v) is 3.70. The molecule has 2 rings (SSSR count). The normalized spacial score (nSPS) is 16.6. The molecule has 16 heavy (non-hydrogen) atoms. The highest BCUT2D eigenvalue weighted by molar-refractivity contribution is 9.10. The highest BCUT2D eigenvalue weighted by Crippen LogP contribution is 2.25. The lowest BCUT2D eigenvalue weighted by atomic mass is 10.2. The van der Waals surface area contributed by atoms with Gasteiger partial charge >= 0.3 is 0 Å². The molecule has 0 aliphatic heterocycles. The van der Waals surface area contributed by atoms with Gasteiger partial charge in [-0.25, -0.2) is 0 Å². The number of hydrogen-bond donors (Lipinski definition) is 1. The maximum atomic E-state index is 12.3. The number of rotatable bonds is 3. The molecule has 1 fully saturated rings. The van der Waals surface area contributed by atoms with Crippen LogP contribution in [-0.4, -0.2) is 28.4 Å². The summed E-state index contributed by atoms with van der Waals surface area (Å²) < 4.78 is 0.929. The Morgan fingerprint density at radius 3 is 2.75 bits per heavy atom. The second kappa shape index (κ2) is 5.04. The summed E-state index contributed by atoms with van der Waals surface area (Å²) in [6.45, 7) is 2.84. The zero-order valence-electron chi connectivity index (χ0n) is 9.50. The van der Waals surface area contributed by atoms with Gasteiger partial charge in [-0.1, -0.05) is 12.8 Å². The van der Waals surface area contributed by atoms with Crippen LogP contribution in [0, 0.1) is 0 Å². The van der Waals surface area contributed by atoms with E-state index in [-0.39, 0.29) is 5.91 Å². The Morgan fingerprint density at radius 1 is 1.56 bits per heavy atom. The molecular formula is C12H17BrN2O. The fraction of sp³-hybridized carbons (Fsp3) is 0.583. The van der Waals surface area contributed by atoms with Crippen molar-refractivity contribution in [2.24, 2.45) is 0 Å². The van der Waals surface area contributed by atoms with Gasteiger partial charge < -0.3 is 9.88 Å². The van der Waals surface area contributed by atoms with Crippen LogP contribution in [0.5, 0.6) is 0 Å². The van der Waals surface area contributed by atoms with Crippen LogP contribution in [0.3, 0.4) is 0 Å². The fourth-order valence-electron chi connectivity index (χ4n) is 2.43. The molecule has 1 heterocycles. The van der Waals surface area contributed by atoms with E-state index in [9.17, 15) is 4.79 Å². The number of halogens is 1. The summed E-state index contributed by atoms with van der Waals surface area (Å²) in [5, 5.41) is 0. The quantitative estimate of drug-likeness (QED) is 0.909. The molecule has 1 aliphatic rings. The number of aromatic nitrogens is 1. The SMILES string of the molecule is CCN(C(=O)c1cc(Br)c[nH]1)C1CCCC1. The van der Waals surface area contributed by atoms with Gasteiger partial charge in [0.05, 0.1) is 0 Å². The Balaban J connectivity index is 2.11. The minimum absolute atomic E-state index is 0.125. The van der Waals surface area contributed by atoms with E-state index < -0.39 is 0 Å². The van der Waals surface area contributed by atoms with Crippen LogP contribution in [0.2, 0.25) is 0 Å². The van der Waals surface area contributed by atoms with Gasteiger partial charge in [0.25, 0.3) is 5.91 Å². The Labute approximate surface area is 104 Å². The number of carbonyl (C=O) groups excluding carboxylic acids is 1. The van der Waals surface area contributed by atoms with E-state index in [2.05, 4.69) is 20.9 Å². The van der Waals surface area contributed by atoms with Crippen LogP contribution < -0.4 is 0 Å². The first-order valence-corrected chi connectivity index (χ1v) is 6.66. The molecule has 1 aromatic heterocycles. The molecule has 0 aromatic carbocycles. The van der Waals surface area contributed by atoms with E-state index in [4.69, 9.17) is 0 Å². The predicted octanol–water partition coefficient (Wildman–Crippen LogP) is 3.18. The van der Waals surface area contributed by atoms with E-state index in [0.29, 0.717) is 11.7 Å². The van der Waals surface area contributed by atoms with Crippen LogP contribution in [0.4, 0.5) is 0 Å². The smallest absolute Gasteiger partial charge is 0.270 e. The molecule has 88 valence electrons. The number of nitrogens with one attached hydrogen (secondary N) is 1. The number of amides is 1. The van der Waals surface area contributed by atoms with Crippen LogP contribution in [-0.2, 0) is 0 Å². The van der Waals surface area contributed by atoms with Gasteiger partial charge in [-0.3, -0.25) is 4.79 Å². The summed E-state index contributed by atoms with van der Waals surface area (Å²) in [5.41, 5.74) is 0.681. The van der Waals surface area contributed by atoms with Crippen molar-refractivity contribution < 1.29 is 4.79 Å².